The number of likely N-dealkylation sites (tertiary alicyclic amines) is 1. The zero-order valence-corrected chi connectivity index (χ0v) is 15.9. The average molecular weight is 370 g/mol. The first-order valence-electron chi connectivity index (χ1n) is 9.23. The molecule has 0 bridgehead atoms. The van der Waals surface area contributed by atoms with Crippen LogP contribution in [0.5, 0.6) is 11.6 Å². The lowest BCUT2D eigenvalue weighted by Gasteiger charge is -2.32. The van der Waals surface area contributed by atoms with E-state index >= 15 is 0 Å². The van der Waals surface area contributed by atoms with Crippen molar-refractivity contribution in [3.8, 4) is 11.6 Å². The van der Waals surface area contributed by atoms with Crippen LogP contribution in [0.4, 0.5) is 5.69 Å². The Morgan fingerprint density at radius 3 is 2.78 bits per heavy atom. The van der Waals surface area contributed by atoms with Crippen LogP contribution in [-0.2, 0) is 9.53 Å². The molecule has 1 aromatic heterocycles. The van der Waals surface area contributed by atoms with Gasteiger partial charge in [0.1, 0.15) is 11.4 Å². The molecule has 0 saturated carbocycles. The number of carbonyl (C=O) groups excluding carboxylic acids is 1. The van der Waals surface area contributed by atoms with Gasteiger partial charge in [0.05, 0.1) is 6.61 Å². The van der Waals surface area contributed by atoms with Gasteiger partial charge in [-0.15, -0.1) is 0 Å². The Morgan fingerprint density at radius 2 is 2.04 bits per heavy atom. The van der Waals surface area contributed by atoms with Gasteiger partial charge >= 0.3 is 0 Å². The van der Waals surface area contributed by atoms with Crippen molar-refractivity contribution in [3.63, 3.8) is 0 Å². The molecule has 1 fully saturated rings. The number of anilines is 1. The number of hydrogen-bond acceptors (Lipinski definition) is 6. The van der Waals surface area contributed by atoms with Crippen molar-refractivity contribution in [3.05, 3.63) is 42.4 Å². The third-order valence-corrected chi connectivity index (χ3v) is 4.58. The average Bonchev–Trinajstić information content (AvgIpc) is 2.68. The molecule has 0 aliphatic carbocycles. The molecule has 1 amide bonds. The van der Waals surface area contributed by atoms with Crippen LogP contribution in [0.2, 0.25) is 0 Å². The van der Waals surface area contributed by atoms with Gasteiger partial charge in [-0.2, -0.15) is 0 Å². The van der Waals surface area contributed by atoms with Gasteiger partial charge in [-0.3, -0.25) is 9.78 Å². The van der Waals surface area contributed by atoms with Crippen molar-refractivity contribution in [2.24, 2.45) is 0 Å². The first-order chi connectivity index (χ1) is 13.2. The zero-order chi connectivity index (χ0) is 19.1. The number of piperidine rings is 1. The topological polar surface area (TPSA) is 76.6 Å². The second-order valence-electron chi connectivity index (χ2n) is 6.69. The van der Waals surface area contributed by atoms with Gasteiger partial charge in [0, 0.05) is 51.1 Å². The van der Waals surface area contributed by atoms with Crippen molar-refractivity contribution in [2.75, 3.05) is 38.7 Å². The number of methoxy groups -OCH3 is 1. The number of nitrogens with zero attached hydrogens (tertiary/aromatic N) is 3. The number of aromatic nitrogens is 2. The first kappa shape index (κ1) is 19.3. The molecule has 0 radical (unpaired) electrons. The highest BCUT2D eigenvalue weighted by atomic mass is 16.5. The van der Waals surface area contributed by atoms with Crippen molar-refractivity contribution in [1.82, 2.24) is 14.9 Å². The molecule has 1 aliphatic rings. The zero-order valence-electron chi connectivity index (χ0n) is 15.9. The molecule has 2 aromatic rings. The molecule has 144 valence electrons. The predicted octanol–water partition coefficient (Wildman–Crippen LogP) is 3.05. The minimum Gasteiger partial charge on any atom is -0.437 e. The Bertz CT molecular complexity index is 751. The van der Waals surface area contributed by atoms with E-state index in [1.807, 2.05) is 12.1 Å². The molecule has 0 spiro atoms. The molecule has 1 aromatic carbocycles. The van der Waals surface area contributed by atoms with Crippen LogP contribution in [0.25, 0.3) is 0 Å². The normalized spacial score (nSPS) is 17.5. The molecular weight excluding hydrogens is 344 g/mol. The van der Waals surface area contributed by atoms with E-state index in [-0.39, 0.29) is 11.8 Å². The Labute approximate surface area is 159 Å². The number of nitrogens with one attached hydrogen (secondary N) is 1. The lowest BCUT2D eigenvalue weighted by Crippen LogP contribution is -2.36. The molecule has 0 unspecified atom stereocenters. The van der Waals surface area contributed by atoms with Gasteiger partial charge in [-0.1, -0.05) is 0 Å². The second kappa shape index (κ2) is 9.43. The summed E-state index contributed by atoms with van der Waals surface area (Å²) < 4.78 is 11.2. The molecule has 1 atom stereocenters. The summed E-state index contributed by atoms with van der Waals surface area (Å²) in [5.41, 5.74) is 1.63. The molecule has 3 rings (SSSR count). The summed E-state index contributed by atoms with van der Waals surface area (Å²) in [7, 11) is 1.73. The molecule has 7 nitrogen and oxygen atoms in total. The summed E-state index contributed by atoms with van der Waals surface area (Å²) >= 11 is 0. The molecule has 1 saturated heterocycles. The van der Waals surface area contributed by atoms with Crippen LogP contribution in [0.15, 0.2) is 36.7 Å². The van der Waals surface area contributed by atoms with Gasteiger partial charge in [-0.05, 0) is 43.7 Å². The van der Waals surface area contributed by atoms with Gasteiger partial charge in [-0.25, -0.2) is 4.98 Å². The third-order valence-electron chi connectivity index (χ3n) is 4.58. The maximum atomic E-state index is 11.1. The van der Waals surface area contributed by atoms with Crippen molar-refractivity contribution >= 4 is 11.6 Å². The van der Waals surface area contributed by atoms with Crippen LogP contribution in [0.3, 0.4) is 0 Å². The van der Waals surface area contributed by atoms with E-state index in [0.29, 0.717) is 11.6 Å². The van der Waals surface area contributed by atoms with Crippen LogP contribution in [-0.4, -0.2) is 54.1 Å². The second-order valence-corrected chi connectivity index (χ2v) is 6.69. The maximum absolute atomic E-state index is 11.1. The number of benzene rings is 1. The Kier molecular flexibility index (Phi) is 6.73. The SMILES string of the molecule is COCCN1CCC[C@@H](c2nccnc2Oc2ccc(NC(C)=O)cc2)C1. The fraction of sp³-hybridized carbons (Fsp3) is 0.450. The molecular formula is C20H26N4O3. The van der Waals surface area contributed by atoms with Gasteiger partial charge in [0.15, 0.2) is 0 Å². The van der Waals surface area contributed by atoms with Crippen molar-refractivity contribution in [1.29, 1.82) is 0 Å². The fourth-order valence-corrected chi connectivity index (χ4v) is 3.32. The lowest BCUT2D eigenvalue weighted by molar-refractivity contribution is -0.114. The number of amides is 1. The first-order valence-corrected chi connectivity index (χ1v) is 9.23. The Balaban J connectivity index is 1.71. The monoisotopic (exact) mass is 370 g/mol. The minimum absolute atomic E-state index is 0.102. The fourth-order valence-electron chi connectivity index (χ4n) is 3.32. The summed E-state index contributed by atoms with van der Waals surface area (Å²) in [6.45, 7) is 5.16. The van der Waals surface area contributed by atoms with Crippen LogP contribution in [0, 0.1) is 0 Å². The summed E-state index contributed by atoms with van der Waals surface area (Å²) in [5, 5.41) is 2.74. The standard InChI is InChI=1S/C20H26N4O3/c1-15(25)23-17-5-7-18(8-6-17)27-20-19(21-9-10-22-20)16-4-3-11-24(14-16)12-13-26-2/h5-10,16H,3-4,11-14H2,1-2H3,(H,23,25)/t16-/m1/s1. The third kappa shape index (κ3) is 5.48. The van der Waals surface area contributed by atoms with E-state index in [1.54, 1.807) is 31.6 Å². The highest BCUT2D eigenvalue weighted by Gasteiger charge is 2.25. The Morgan fingerprint density at radius 1 is 1.26 bits per heavy atom. The van der Waals surface area contributed by atoms with E-state index < -0.39 is 0 Å². The summed E-state index contributed by atoms with van der Waals surface area (Å²) in [4.78, 5) is 22.5. The number of carbonyl (C=O) groups is 1. The van der Waals surface area contributed by atoms with Gasteiger partial charge in [0.2, 0.25) is 11.8 Å². The van der Waals surface area contributed by atoms with E-state index in [1.165, 1.54) is 6.92 Å². The molecule has 1 aliphatic heterocycles. The molecule has 7 heteroatoms. The van der Waals surface area contributed by atoms with Gasteiger partial charge < -0.3 is 19.7 Å². The summed E-state index contributed by atoms with van der Waals surface area (Å²) in [6, 6.07) is 7.24. The van der Waals surface area contributed by atoms with E-state index in [2.05, 4.69) is 20.2 Å². The number of hydrogen-bond donors (Lipinski definition) is 1. The molecule has 1 N–H and O–H groups in total. The highest BCUT2D eigenvalue weighted by Crippen LogP contribution is 2.32. The summed E-state index contributed by atoms with van der Waals surface area (Å²) in [5.74, 6) is 1.40. The van der Waals surface area contributed by atoms with E-state index in [4.69, 9.17) is 9.47 Å². The van der Waals surface area contributed by atoms with Crippen molar-refractivity contribution < 1.29 is 14.3 Å². The summed E-state index contributed by atoms with van der Waals surface area (Å²) in [6.07, 6.45) is 5.56. The van der Waals surface area contributed by atoms with Crippen molar-refractivity contribution in [2.45, 2.75) is 25.7 Å². The quantitative estimate of drug-likeness (QED) is 0.807. The van der Waals surface area contributed by atoms with E-state index in [9.17, 15) is 4.79 Å². The van der Waals surface area contributed by atoms with Crippen LogP contribution < -0.4 is 10.1 Å². The lowest BCUT2D eigenvalue weighted by atomic mass is 9.94. The maximum Gasteiger partial charge on any atom is 0.241 e. The van der Waals surface area contributed by atoms with E-state index in [0.717, 1.165) is 50.5 Å². The highest BCUT2D eigenvalue weighted by molar-refractivity contribution is 5.88. The largest absolute Gasteiger partial charge is 0.437 e. The molecule has 27 heavy (non-hydrogen) atoms. The smallest absolute Gasteiger partial charge is 0.241 e. The van der Waals surface area contributed by atoms with Gasteiger partial charge in [0.25, 0.3) is 0 Å². The minimum atomic E-state index is -0.102. The number of ether oxygens (including phenoxy) is 2. The Hall–Kier alpha value is -2.51. The van der Waals surface area contributed by atoms with Crippen LogP contribution in [0.1, 0.15) is 31.4 Å². The number of rotatable bonds is 7. The molecule has 2 heterocycles. The predicted molar refractivity (Wildman–Crippen MR) is 103 cm³/mol. The van der Waals surface area contributed by atoms with Crippen LogP contribution >= 0.6 is 0 Å².